The third-order valence-electron chi connectivity index (χ3n) is 6.43. The number of phenols is 1. The maximum atomic E-state index is 14.4. The van der Waals surface area contributed by atoms with Gasteiger partial charge in [0.05, 0.1) is 42.2 Å². The number of halogens is 1. The standard InChI is InChI=1S/C29H30FN7O2/c1-3-25-18-37(13-14-39-25)28-26(30)17-31-29(35-28)36-32-16-23-11-12-27(19(2)33-23)34-22-9-7-20(8-10-22)21-5-4-6-24(38)15-21/h4-12,15-17,25,34,38H,3,13-14,18H2,1-2H3,(H,31,35,36)/b32-16+. The first-order valence-electron chi connectivity index (χ1n) is 12.8. The first kappa shape index (κ1) is 26.1. The van der Waals surface area contributed by atoms with E-state index < -0.39 is 5.82 Å². The molecule has 10 heteroatoms. The Morgan fingerprint density at radius 3 is 2.74 bits per heavy atom. The zero-order chi connectivity index (χ0) is 27.2. The molecule has 0 aliphatic carbocycles. The van der Waals surface area contributed by atoms with E-state index in [0.29, 0.717) is 25.4 Å². The molecule has 2 aromatic carbocycles. The summed E-state index contributed by atoms with van der Waals surface area (Å²) >= 11 is 0. The van der Waals surface area contributed by atoms with Crippen molar-refractivity contribution in [1.29, 1.82) is 0 Å². The van der Waals surface area contributed by atoms with Gasteiger partial charge in [0.15, 0.2) is 11.6 Å². The molecule has 1 aliphatic heterocycles. The van der Waals surface area contributed by atoms with Crippen molar-refractivity contribution in [3.05, 3.63) is 84.1 Å². The van der Waals surface area contributed by atoms with Gasteiger partial charge in [0.25, 0.3) is 0 Å². The van der Waals surface area contributed by atoms with Crippen molar-refractivity contribution >= 4 is 29.4 Å². The topological polar surface area (TPSA) is 108 Å². The molecule has 0 bridgehead atoms. The van der Waals surface area contributed by atoms with Gasteiger partial charge < -0.3 is 20.1 Å². The summed E-state index contributed by atoms with van der Waals surface area (Å²) in [6.07, 6.45) is 3.62. The number of ether oxygens (including phenoxy) is 1. The quantitative estimate of drug-likeness (QED) is 0.204. The van der Waals surface area contributed by atoms with Gasteiger partial charge in [-0.25, -0.2) is 19.8 Å². The lowest BCUT2D eigenvalue weighted by Gasteiger charge is -2.33. The summed E-state index contributed by atoms with van der Waals surface area (Å²) in [6.45, 7) is 5.64. The van der Waals surface area contributed by atoms with Gasteiger partial charge in [-0.2, -0.15) is 10.1 Å². The van der Waals surface area contributed by atoms with Gasteiger partial charge >= 0.3 is 0 Å². The van der Waals surface area contributed by atoms with Crippen molar-refractivity contribution in [2.24, 2.45) is 5.10 Å². The molecule has 5 rings (SSSR count). The molecule has 200 valence electrons. The molecular weight excluding hydrogens is 497 g/mol. The Labute approximate surface area is 226 Å². The molecule has 3 heterocycles. The zero-order valence-electron chi connectivity index (χ0n) is 21.8. The molecule has 0 spiro atoms. The van der Waals surface area contributed by atoms with Gasteiger partial charge in [-0.15, -0.1) is 0 Å². The summed E-state index contributed by atoms with van der Waals surface area (Å²) in [5, 5.41) is 17.3. The van der Waals surface area contributed by atoms with Crippen LogP contribution >= 0.6 is 0 Å². The number of morpholine rings is 1. The van der Waals surface area contributed by atoms with Crippen LogP contribution in [-0.2, 0) is 4.74 Å². The third-order valence-corrected chi connectivity index (χ3v) is 6.43. The molecule has 1 aliphatic rings. The van der Waals surface area contributed by atoms with Crippen LogP contribution in [0.4, 0.5) is 27.5 Å². The van der Waals surface area contributed by atoms with Crippen LogP contribution in [0.5, 0.6) is 5.75 Å². The molecule has 1 fully saturated rings. The average Bonchev–Trinajstić information content (AvgIpc) is 2.96. The highest BCUT2D eigenvalue weighted by Gasteiger charge is 2.23. The second kappa shape index (κ2) is 11.9. The van der Waals surface area contributed by atoms with Crippen molar-refractivity contribution in [3.8, 4) is 16.9 Å². The SMILES string of the molecule is CCC1CN(c2nc(N/N=C/c3ccc(Nc4ccc(-c5cccc(O)c5)cc4)c(C)n3)ncc2F)CCO1. The van der Waals surface area contributed by atoms with Gasteiger partial charge in [-0.3, -0.25) is 0 Å². The van der Waals surface area contributed by atoms with E-state index in [4.69, 9.17) is 4.74 Å². The number of hydrogen-bond acceptors (Lipinski definition) is 9. The number of phenolic OH excluding ortho intramolecular Hbond substituents is 1. The minimum atomic E-state index is -0.476. The average molecular weight is 528 g/mol. The number of aromatic nitrogens is 3. The number of hydrogen-bond donors (Lipinski definition) is 3. The maximum Gasteiger partial charge on any atom is 0.245 e. The summed E-state index contributed by atoms with van der Waals surface area (Å²) < 4.78 is 20.1. The number of hydrazone groups is 1. The normalized spacial score (nSPS) is 15.5. The second-order valence-electron chi connectivity index (χ2n) is 9.20. The summed E-state index contributed by atoms with van der Waals surface area (Å²) in [4.78, 5) is 14.8. The van der Waals surface area contributed by atoms with Crippen molar-refractivity contribution in [2.75, 3.05) is 35.3 Å². The summed E-state index contributed by atoms with van der Waals surface area (Å²) in [6, 6.07) is 18.9. The Kier molecular flexibility index (Phi) is 7.93. The van der Waals surface area contributed by atoms with Crippen LogP contribution in [0.15, 0.2) is 72.0 Å². The largest absolute Gasteiger partial charge is 0.508 e. The van der Waals surface area contributed by atoms with E-state index in [1.807, 2.05) is 67.3 Å². The third kappa shape index (κ3) is 6.47. The smallest absolute Gasteiger partial charge is 0.245 e. The lowest BCUT2D eigenvalue weighted by molar-refractivity contribution is 0.0379. The molecular formula is C29H30FN7O2. The number of pyridine rings is 1. The minimum absolute atomic E-state index is 0.0541. The van der Waals surface area contributed by atoms with Gasteiger partial charge in [0.1, 0.15) is 5.75 Å². The molecule has 4 aromatic rings. The van der Waals surface area contributed by atoms with E-state index >= 15 is 0 Å². The van der Waals surface area contributed by atoms with Crippen molar-refractivity contribution in [1.82, 2.24) is 15.0 Å². The molecule has 9 nitrogen and oxygen atoms in total. The zero-order valence-corrected chi connectivity index (χ0v) is 21.8. The van der Waals surface area contributed by atoms with Crippen molar-refractivity contribution in [3.63, 3.8) is 0 Å². The van der Waals surface area contributed by atoms with Crippen molar-refractivity contribution < 1.29 is 14.2 Å². The molecule has 1 atom stereocenters. The van der Waals surface area contributed by atoms with E-state index in [0.717, 1.165) is 40.8 Å². The van der Waals surface area contributed by atoms with Crippen LogP contribution in [0.3, 0.4) is 0 Å². The Bertz CT molecular complexity index is 1460. The fraction of sp³-hybridized carbons (Fsp3) is 0.241. The van der Waals surface area contributed by atoms with Gasteiger partial charge in [-0.05, 0) is 60.9 Å². The molecule has 0 amide bonds. The molecule has 3 N–H and O–H groups in total. The highest BCUT2D eigenvalue weighted by molar-refractivity contribution is 5.79. The lowest BCUT2D eigenvalue weighted by Crippen LogP contribution is -2.43. The monoisotopic (exact) mass is 527 g/mol. The first-order valence-corrected chi connectivity index (χ1v) is 12.8. The molecule has 39 heavy (non-hydrogen) atoms. The molecule has 2 aromatic heterocycles. The molecule has 0 saturated carbocycles. The van der Waals surface area contributed by atoms with Crippen LogP contribution in [0, 0.1) is 12.7 Å². The van der Waals surface area contributed by atoms with E-state index in [1.54, 1.807) is 18.3 Å². The highest BCUT2D eigenvalue weighted by atomic mass is 19.1. The summed E-state index contributed by atoms with van der Waals surface area (Å²) in [5.41, 5.74) is 7.96. The van der Waals surface area contributed by atoms with Gasteiger partial charge in [0, 0.05) is 18.8 Å². The predicted octanol–water partition coefficient (Wildman–Crippen LogP) is 5.50. The Balaban J connectivity index is 1.21. The van der Waals surface area contributed by atoms with Crippen LogP contribution < -0.4 is 15.6 Å². The van der Waals surface area contributed by atoms with Crippen LogP contribution in [0.25, 0.3) is 11.1 Å². The Morgan fingerprint density at radius 1 is 1.13 bits per heavy atom. The van der Waals surface area contributed by atoms with Crippen molar-refractivity contribution in [2.45, 2.75) is 26.4 Å². The lowest BCUT2D eigenvalue weighted by atomic mass is 10.1. The predicted molar refractivity (Wildman–Crippen MR) is 151 cm³/mol. The van der Waals surface area contributed by atoms with Gasteiger partial charge in [0.2, 0.25) is 5.95 Å². The van der Waals surface area contributed by atoms with E-state index in [1.165, 1.54) is 0 Å². The number of aryl methyl sites for hydroxylation is 1. The number of benzene rings is 2. The Morgan fingerprint density at radius 2 is 1.97 bits per heavy atom. The fourth-order valence-corrected chi connectivity index (χ4v) is 4.32. The van der Waals surface area contributed by atoms with Crippen LogP contribution in [0.1, 0.15) is 24.7 Å². The molecule has 1 unspecified atom stereocenters. The van der Waals surface area contributed by atoms with Crippen LogP contribution in [0.2, 0.25) is 0 Å². The summed E-state index contributed by atoms with van der Waals surface area (Å²) in [5.74, 6) is 0.203. The van der Waals surface area contributed by atoms with Crippen LogP contribution in [-0.4, -0.2) is 52.1 Å². The number of nitrogens with one attached hydrogen (secondary N) is 2. The number of aromatic hydroxyl groups is 1. The van der Waals surface area contributed by atoms with Gasteiger partial charge in [-0.1, -0.05) is 31.2 Å². The summed E-state index contributed by atoms with van der Waals surface area (Å²) in [7, 11) is 0. The molecule has 1 saturated heterocycles. The number of rotatable bonds is 8. The number of anilines is 4. The van der Waals surface area contributed by atoms with E-state index in [9.17, 15) is 9.50 Å². The number of nitrogens with zero attached hydrogens (tertiary/aromatic N) is 5. The minimum Gasteiger partial charge on any atom is -0.508 e. The fourth-order valence-electron chi connectivity index (χ4n) is 4.32. The maximum absolute atomic E-state index is 14.4. The van der Waals surface area contributed by atoms with E-state index in [-0.39, 0.29) is 23.6 Å². The highest BCUT2D eigenvalue weighted by Crippen LogP contribution is 2.26. The first-order chi connectivity index (χ1) is 19.0. The second-order valence-corrected chi connectivity index (χ2v) is 9.20. The Hall–Kier alpha value is -4.57. The van der Waals surface area contributed by atoms with E-state index in [2.05, 4.69) is 30.8 Å². The molecule has 0 radical (unpaired) electrons.